The molecule has 1 aromatic rings. The molecule has 0 aromatic heterocycles. The fourth-order valence-corrected chi connectivity index (χ4v) is 4.21. The molecule has 1 fully saturated rings. The number of benzene rings is 1. The summed E-state index contributed by atoms with van der Waals surface area (Å²) in [5.41, 5.74) is 5.14. The van der Waals surface area contributed by atoms with Crippen LogP contribution in [0.5, 0.6) is 0 Å². The summed E-state index contributed by atoms with van der Waals surface area (Å²) in [7, 11) is 1.30. The smallest absolute Gasteiger partial charge is 0.328 e. The van der Waals surface area contributed by atoms with Crippen LogP contribution in [0.4, 0.5) is 5.69 Å². The fourth-order valence-electron chi connectivity index (χ4n) is 4.21. The predicted octanol–water partition coefficient (Wildman–Crippen LogP) is 3.25. The van der Waals surface area contributed by atoms with E-state index in [-0.39, 0.29) is 18.3 Å². The number of anilines is 1. The molecule has 0 bridgehead atoms. The number of rotatable bonds is 6. The van der Waals surface area contributed by atoms with Gasteiger partial charge in [0.2, 0.25) is 5.91 Å². The summed E-state index contributed by atoms with van der Waals surface area (Å²) < 4.78 is 10.6. The summed E-state index contributed by atoms with van der Waals surface area (Å²) in [6.07, 6.45) is 1.35. The number of nitrogen functional groups attached to an aromatic ring is 1. The van der Waals surface area contributed by atoms with E-state index in [9.17, 15) is 14.4 Å². The zero-order chi connectivity index (χ0) is 23.6. The van der Waals surface area contributed by atoms with Crippen molar-refractivity contribution in [1.82, 2.24) is 5.32 Å². The van der Waals surface area contributed by atoms with E-state index >= 15 is 0 Å². The SMILES string of the molecule is COC(=O)C(Cc1ccc(N)cc1)NC(=O)C1CCC(C)(C(=O)OC(C)(C)C)C1(C)C. The van der Waals surface area contributed by atoms with Gasteiger partial charge in [0, 0.05) is 18.0 Å². The van der Waals surface area contributed by atoms with Crippen molar-refractivity contribution in [3.8, 4) is 0 Å². The average Bonchev–Trinajstić information content (AvgIpc) is 2.91. The van der Waals surface area contributed by atoms with Gasteiger partial charge in [0.05, 0.1) is 12.5 Å². The van der Waals surface area contributed by atoms with Gasteiger partial charge < -0.3 is 20.5 Å². The molecule has 0 saturated heterocycles. The molecular formula is C24H36N2O5. The number of hydrogen-bond acceptors (Lipinski definition) is 6. The summed E-state index contributed by atoms with van der Waals surface area (Å²) >= 11 is 0. The predicted molar refractivity (Wildman–Crippen MR) is 119 cm³/mol. The fraction of sp³-hybridized carbons (Fsp3) is 0.625. The minimum Gasteiger partial charge on any atom is -0.467 e. The van der Waals surface area contributed by atoms with E-state index in [0.717, 1.165) is 5.56 Å². The molecule has 7 heteroatoms. The summed E-state index contributed by atoms with van der Waals surface area (Å²) in [4.78, 5) is 38.6. The number of hydrogen-bond donors (Lipinski definition) is 2. The standard InChI is InChI=1S/C24H36N2O5/c1-22(2,3)31-21(29)24(6)13-12-17(23(24,4)5)19(27)26-18(20(28)30-7)14-15-8-10-16(25)11-9-15/h8-11,17-18H,12-14,25H2,1-7H3,(H,26,27). The lowest BCUT2D eigenvalue weighted by Gasteiger charge is -2.40. The molecule has 0 heterocycles. The monoisotopic (exact) mass is 432 g/mol. The normalized spacial score (nSPS) is 23.6. The van der Waals surface area contributed by atoms with Crippen LogP contribution < -0.4 is 11.1 Å². The Morgan fingerprint density at radius 1 is 1.16 bits per heavy atom. The highest BCUT2D eigenvalue weighted by molar-refractivity contribution is 5.88. The Bertz CT molecular complexity index is 825. The average molecular weight is 433 g/mol. The van der Waals surface area contributed by atoms with Gasteiger partial charge in [-0.15, -0.1) is 0 Å². The summed E-state index contributed by atoms with van der Waals surface area (Å²) in [5.74, 6) is -1.52. The summed E-state index contributed by atoms with van der Waals surface area (Å²) in [6, 6.07) is 6.30. The van der Waals surface area contributed by atoms with Crippen LogP contribution in [0.25, 0.3) is 0 Å². The van der Waals surface area contributed by atoms with E-state index in [1.165, 1.54) is 7.11 Å². The number of carbonyl (C=O) groups excluding carboxylic acids is 3. The maximum Gasteiger partial charge on any atom is 0.328 e. The van der Waals surface area contributed by atoms with E-state index in [4.69, 9.17) is 15.2 Å². The van der Waals surface area contributed by atoms with Crippen LogP contribution in [0.3, 0.4) is 0 Å². The Balaban J connectivity index is 2.19. The van der Waals surface area contributed by atoms with E-state index in [1.807, 2.05) is 53.7 Å². The van der Waals surface area contributed by atoms with Crippen LogP contribution in [0.2, 0.25) is 0 Å². The Morgan fingerprint density at radius 2 is 1.74 bits per heavy atom. The van der Waals surface area contributed by atoms with Crippen molar-refractivity contribution >= 4 is 23.5 Å². The van der Waals surface area contributed by atoms with Crippen molar-refractivity contribution in [2.45, 2.75) is 72.4 Å². The molecule has 3 unspecified atom stereocenters. The van der Waals surface area contributed by atoms with Crippen LogP contribution in [0.15, 0.2) is 24.3 Å². The Hall–Kier alpha value is -2.57. The number of nitrogens with two attached hydrogens (primary N) is 1. The molecular weight excluding hydrogens is 396 g/mol. The highest BCUT2D eigenvalue weighted by atomic mass is 16.6. The Labute approximate surface area is 185 Å². The molecule has 0 radical (unpaired) electrons. The minimum atomic E-state index is -0.828. The van der Waals surface area contributed by atoms with Crippen molar-refractivity contribution in [3.05, 3.63) is 29.8 Å². The second kappa shape index (κ2) is 8.89. The first-order valence-electron chi connectivity index (χ1n) is 10.7. The van der Waals surface area contributed by atoms with Crippen LogP contribution in [0, 0.1) is 16.7 Å². The van der Waals surface area contributed by atoms with E-state index < -0.39 is 34.4 Å². The lowest BCUT2D eigenvalue weighted by molar-refractivity contribution is -0.173. The van der Waals surface area contributed by atoms with Crippen LogP contribution >= 0.6 is 0 Å². The van der Waals surface area contributed by atoms with Crippen LogP contribution in [0.1, 0.15) is 59.9 Å². The molecule has 1 aromatic carbocycles. The van der Waals surface area contributed by atoms with Gasteiger partial charge in [0.25, 0.3) is 0 Å². The molecule has 31 heavy (non-hydrogen) atoms. The molecule has 1 amide bonds. The molecule has 0 spiro atoms. The zero-order valence-corrected chi connectivity index (χ0v) is 19.7. The topological polar surface area (TPSA) is 108 Å². The zero-order valence-electron chi connectivity index (χ0n) is 19.7. The van der Waals surface area contributed by atoms with Gasteiger partial charge in [-0.1, -0.05) is 26.0 Å². The van der Waals surface area contributed by atoms with E-state index in [2.05, 4.69) is 5.32 Å². The number of nitrogens with one attached hydrogen (secondary N) is 1. The molecule has 0 aliphatic heterocycles. The first-order chi connectivity index (χ1) is 14.2. The molecule has 1 saturated carbocycles. The van der Waals surface area contributed by atoms with Gasteiger partial charge in [-0.3, -0.25) is 9.59 Å². The van der Waals surface area contributed by atoms with Gasteiger partial charge in [-0.05, 0) is 63.6 Å². The Kier molecular flexibility index (Phi) is 7.08. The summed E-state index contributed by atoms with van der Waals surface area (Å²) in [5, 5.41) is 2.86. The molecule has 3 atom stereocenters. The van der Waals surface area contributed by atoms with Crippen LogP contribution in [-0.4, -0.2) is 36.6 Å². The first-order valence-corrected chi connectivity index (χ1v) is 10.7. The number of ether oxygens (including phenoxy) is 2. The van der Waals surface area contributed by atoms with Crippen molar-refractivity contribution in [2.24, 2.45) is 16.7 Å². The third-order valence-electron chi connectivity index (χ3n) is 6.61. The third-order valence-corrected chi connectivity index (χ3v) is 6.61. The van der Waals surface area contributed by atoms with Crippen molar-refractivity contribution in [2.75, 3.05) is 12.8 Å². The third kappa shape index (κ3) is 5.38. The molecule has 1 aliphatic carbocycles. The van der Waals surface area contributed by atoms with Crippen molar-refractivity contribution in [3.63, 3.8) is 0 Å². The summed E-state index contributed by atoms with van der Waals surface area (Å²) in [6.45, 7) is 11.2. The second-order valence-corrected chi connectivity index (χ2v) is 10.2. The molecule has 1 aliphatic rings. The molecule has 172 valence electrons. The van der Waals surface area contributed by atoms with Gasteiger partial charge in [-0.2, -0.15) is 0 Å². The number of amides is 1. The highest BCUT2D eigenvalue weighted by Crippen LogP contribution is 2.57. The maximum atomic E-state index is 13.2. The van der Waals surface area contributed by atoms with E-state index in [0.29, 0.717) is 18.5 Å². The minimum absolute atomic E-state index is 0.261. The quantitative estimate of drug-likeness (QED) is 0.528. The molecule has 7 nitrogen and oxygen atoms in total. The van der Waals surface area contributed by atoms with Crippen LogP contribution in [-0.2, 0) is 30.3 Å². The largest absolute Gasteiger partial charge is 0.467 e. The van der Waals surface area contributed by atoms with Gasteiger partial charge in [-0.25, -0.2) is 4.79 Å². The first kappa shape index (κ1) is 24.7. The second-order valence-electron chi connectivity index (χ2n) is 10.2. The Morgan fingerprint density at radius 3 is 2.26 bits per heavy atom. The number of esters is 2. The lowest BCUT2D eigenvalue weighted by Crippen LogP contribution is -2.51. The van der Waals surface area contributed by atoms with E-state index in [1.54, 1.807) is 12.1 Å². The van der Waals surface area contributed by atoms with Gasteiger partial charge in [0.1, 0.15) is 11.6 Å². The number of methoxy groups -OCH3 is 1. The van der Waals surface area contributed by atoms with Crippen molar-refractivity contribution < 1.29 is 23.9 Å². The highest BCUT2D eigenvalue weighted by Gasteiger charge is 2.59. The molecule has 2 rings (SSSR count). The molecule has 3 N–H and O–H groups in total. The van der Waals surface area contributed by atoms with Gasteiger partial charge in [0.15, 0.2) is 0 Å². The van der Waals surface area contributed by atoms with Gasteiger partial charge >= 0.3 is 11.9 Å². The maximum absolute atomic E-state index is 13.2. The number of carbonyl (C=O) groups is 3. The lowest BCUT2D eigenvalue weighted by atomic mass is 9.65. The van der Waals surface area contributed by atoms with Crippen molar-refractivity contribution in [1.29, 1.82) is 0 Å².